The second-order valence-corrected chi connectivity index (χ2v) is 4.00. The zero-order valence-electron chi connectivity index (χ0n) is 9.62. The number of hydrogen-bond acceptors (Lipinski definition) is 2. The Morgan fingerprint density at radius 1 is 1.11 bits per heavy atom. The molecule has 1 aromatic heterocycles. The second kappa shape index (κ2) is 4.33. The summed E-state index contributed by atoms with van der Waals surface area (Å²) in [6.07, 6.45) is -4.47. The number of benzene rings is 1. The lowest BCUT2D eigenvalue weighted by Gasteiger charge is -2.10. The lowest BCUT2D eigenvalue weighted by atomic mass is 10.1. The number of nitrogens with two attached hydrogens (primary N) is 1. The number of halogens is 3. The molecule has 2 N–H and O–H groups in total. The summed E-state index contributed by atoms with van der Waals surface area (Å²) in [7, 11) is 0. The molecule has 1 heterocycles. The largest absolute Gasteiger partial charge is 0.433 e. The number of hydrogen-bond donors (Lipinski definition) is 1. The molecule has 0 unspecified atom stereocenters. The van der Waals surface area contributed by atoms with E-state index in [1.54, 1.807) is 18.2 Å². The van der Waals surface area contributed by atoms with Crippen LogP contribution in [0.25, 0.3) is 11.3 Å². The van der Waals surface area contributed by atoms with Gasteiger partial charge in [-0.2, -0.15) is 13.2 Å². The summed E-state index contributed by atoms with van der Waals surface area (Å²) in [5, 5.41) is 0. The molecule has 0 radical (unpaired) electrons. The Morgan fingerprint density at radius 2 is 1.83 bits per heavy atom. The maximum absolute atomic E-state index is 12.6. The van der Waals surface area contributed by atoms with Crippen molar-refractivity contribution in [3.63, 3.8) is 0 Å². The van der Waals surface area contributed by atoms with Gasteiger partial charge in [-0.05, 0) is 25.1 Å². The van der Waals surface area contributed by atoms with Crippen molar-refractivity contribution >= 4 is 5.69 Å². The normalized spacial score (nSPS) is 11.6. The number of pyridine rings is 1. The first-order chi connectivity index (χ1) is 8.38. The number of anilines is 1. The van der Waals surface area contributed by atoms with Gasteiger partial charge in [-0.1, -0.05) is 23.8 Å². The molecule has 1 aromatic carbocycles. The summed E-state index contributed by atoms with van der Waals surface area (Å²) in [6.45, 7) is 1.85. The molecule has 18 heavy (non-hydrogen) atoms. The van der Waals surface area contributed by atoms with Crippen LogP contribution < -0.4 is 5.73 Å². The molecule has 0 aliphatic carbocycles. The van der Waals surface area contributed by atoms with Crippen LogP contribution in [0, 0.1) is 6.92 Å². The molecule has 2 aromatic rings. The van der Waals surface area contributed by atoms with E-state index in [-0.39, 0.29) is 11.4 Å². The Morgan fingerprint density at radius 3 is 2.44 bits per heavy atom. The summed E-state index contributed by atoms with van der Waals surface area (Å²) in [4.78, 5) is 3.60. The average Bonchev–Trinajstić information content (AvgIpc) is 2.28. The fourth-order valence-electron chi connectivity index (χ4n) is 1.65. The number of alkyl halides is 3. The molecule has 0 fully saturated rings. The van der Waals surface area contributed by atoms with Gasteiger partial charge in [-0.15, -0.1) is 0 Å². The van der Waals surface area contributed by atoms with Gasteiger partial charge in [0.05, 0.1) is 11.4 Å². The van der Waals surface area contributed by atoms with Crippen molar-refractivity contribution in [3.05, 3.63) is 47.7 Å². The van der Waals surface area contributed by atoms with E-state index < -0.39 is 11.9 Å². The van der Waals surface area contributed by atoms with Crippen LogP contribution >= 0.6 is 0 Å². The van der Waals surface area contributed by atoms with E-state index in [0.29, 0.717) is 5.56 Å². The summed E-state index contributed by atoms with van der Waals surface area (Å²) in [6, 6.07) is 9.16. The van der Waals surface area contributed by atoms with Gasteiger partial charge in [0.1, 0.15) is 5.69 Å². The highest BCUT2D eigenvalue weighted by molar-refractivity contribution is 5.72. The van der Waals surface area contributed by atoms with Crippen molar-refractivity contribution in [2.45, 2.75) is 13.1 Å². The lowest BCUT2D eigenvalue weighted by molar-refractivity contribution is -0.141. The van der Waals surface area contributed by atoms with Gasteiger partial charge in [0.2, 0.25) is 0 Å². The third-order valence-corrected chi connectivity index (χ3v) is 2.51. The molecule has 0 spiro atoms. The van der Waals surface area contributed by atoms with Crippen molar-refractivity contribution in [1.29, 1.82) is 0 Å². The van der Waals surface area contributed by atoms with Gasteiger partial charge < -0.3 is 5.73 Å². The summed E-state index contributed by atoms with van der Waals surface area (Å²) >= 11 is 0. The first-order valence-electron chi connectivity index (χ1n) is 5.28. The fourth-order valence-corrected chi connectivity index (χ4v) is 1.65. The van der Waals surface area contributed by atoms with E-state index >= 15 is 0 Å². The van der Waals surface area contributed by atoms with Crippen molar-refractivity contribution in [3.8, 4) is 11.3 Å². The van der Waals surface area contributed by atoms with Gasteiger partial charge in [-0.3, -0.25) is 0 Å². The molecule has 0 atom stereocenters. The Labute approximate surface area is 102 Å². The Bertz CT molecular complexity index is 577. The third-order valence-electron chi connectivity index (χ3n) is 2.51. The second-order valence-electron chi connectivity index (χ2n) is 4.00. The van der Waals surface area contributed by atoms with Crippen LogP contribution in [0.2, 0.25) is 0 Å². The quantitative estimate of drug-likeness (QED) is 0.841. The number of nitrogen functional groups attached to an aromatic ring is 1. The van der Waals surface area contributed by atoms with E-state index in [0.717, 1.165) is 11.6 Å². The monoisotopic (exact) mass is 252 g/mol. The molecule has 94 valence electrons. The third kappa shape index (κ3) is 2.45. The molecule has 0 aliphatic rings. The smallest absolute Gasteiger partial charge is 0.397 e. The highest BCUT2D eigenvalue weighted by Crippen LogP contribution is 2.32. The van der Waals surface area contributed by atoms with Gasteiger partial charge in [-0.25, -0.2) is 4.98 Å². The Balaban J connectivity index is 2.57. The number of aryl methyl sites for hydroxylation is 1. The van der Waals surface area contributed by atoms with E-state index in [2.05, 4.69) is 4.98 Å². The minimum Gasteiger partial charge on any atom is -0.397 e. The molecule has 0 saturated carbocycles. The van der Waals surface area contributed by atoms with Gasteiger partial charge >= 0.3 is 6.18 Å². The van der Waals surface area contributed by atoms with Crippen LogP contribution in [-0.2, 0) is 6.18 Å². The van der Waals surface area contributed by atoms with Crippen LogP contribution in [0.4, 0.5) is 18.9 Å². The van der Waals surface area contributed by atoms with Crippen LogP contribution in [0.1, 0.15) is 11.3 Å². The number of rotatable bonds is 1. The average molecular weight is 252 g/mol. The predicted molar refractivity (Wildman–Crippen MR) is 63.8 cm³/mol. The Hall–Kier alpha value is -2.04. The highest BCUT2D eigenvalue weighted by atomic mass is 19.4. The lowest BCUT2D eigenvalue weighted by Crippen LogP contribution is -2.09. The van der Waals surface area contributed by atoms with E-state index in [1.807, 2.05) is 13.0 Å². The van der Waals surface area contributed by atoms with Gasteiger partial charge in [0.15, 0.2) is 0 Å². The molecule has 0 aliphatic heterocycles. The highest BCUT2D eigenvalue weighted by Gasteiger charge is 2.32. The molecule has 0 amide bonds. The maximum atomic E-state index is 12.6. The van der Waals surface area contributed by atoms with E-state index in [9.17, 15) is 13.2 Å². The van der Waals surface area contributed by atoms with Gasteiger partial charge in [0.25, 0.3) is 0 Å². The van der Waals surface area contributed by atoms with Crippen molar-refractivity contribution in [1.82, 2.24) is 4.98 Å². The predicted octanol–water partition coefficient (Wildman–Crippen LogP) is 3.66. The van der Waals surface area contributed by atoms with Crippen LogP contribution in [0.5, 0.6) is 0 Å². The number of nitrogens with zero attached hydrogens (tertiary/aromatic N) is 1. The molecule has 2 rings (SSSR count). The van der Waals surface area contributed by atoms with Crippen molar-refractivity contribution in [2.24, 2.45) is 0 Å². The summed E-state index contributed by atoms with van der Waals surface area (Å²) < 4.78 is 37.8. The van der Waals surface area contributed by atoms with Crippen molar-refractivity contribution in [2.75, 3.05) is 5.73 Å². The number of aromatic nitrogens is 1. The minimum absolute atomic E-state index is 0.161. The Kier molecular flexibility index (Phi) is 2.98. The van der Waals surface area contributed by atoms with E-state index in [4.69, 9.17) is 5.73 Å². The first kappa shape index (κ1) is 12.4. The molecule has 5 heteroatoms. The van der Waals surface area contributed by atoms with Crippen LogP contribution in [-0.4, -0.2) is 4.98 Å². The molecule has 0 bridgehead atoms. The SMILES string of the molecule is Cc1cccc(-c2nc(C(F)(F)F)ccc2N)c1. The molecular weight excluding hydrogens is 241 g/mol. The zero-order chi connectivity index (χ0) is 13.3. The molecular formula is C13H11F3N2. The fraction of sp³-hybridized carbons (Fsp3) is 0.154. The standard InChI is InChI=1S/C13H11F3N2/c1-8-3-2-4-9(7-8)12-10(17)5-6-11(18-12)13(14,15)16/h2-7H,17H2,1H3. The summed E-state index contributed by atoms with van der Waals surface area (Å²) in [5.74, 6) is 0. The van der Waals surface area contributed by atoms with E-state index in [1.165, 1.54) is 6.07 Å². The zero-order valence-corrected chi connectivity index (χ0v) is 9.62. The topological polar surface area (TPSA) is 38.9 Å². The molecule has 2 nitrogen and oxygen atoms in total. The first-order valence-corrected chi connectivity index (χ1v) is 5.28. The minimum atomic E-state index is -4.47. The summed E-state index contributed by atoms with van der Waals surface area (Å²) in [5.41, 5.74) is 6.66. The molecule has 0 saturated heterocycles. The van der Waals surface area contributed by atoms with Crippen LogP contribution in [0.3, 0.4) is 0 Å². The maximum Gasteiger partial charge on any atom is 0.433 e. The van der Waals surface area contributed by atoms with Crippen LogP contribution in [0.15, 0.2) is 36.4 Å². The van der Waals surface area contributed by atoms with Gasteiger partial charge in [0, 0.05) is 5.56 Å². The van der Waals surface area contributed by atoms with Crippen molar-refractivity contribution < 1.29 is 13.2 Å².